The summed E-state index contributed by atoms with van der Waals surface area (Å²) in [5.74, 6) is -2.71. The average Bonchev–Trinajstić information content (AvgIpc) is 2.70. The Kier molecular flexibility index (Phi) is 7.96. The molecule has 33 heavy (non-hydrogen) atoms. The fourth-order valence-corrected chi connectivity index (χ4v) is 3.13. The van der Waals surface area contributed by atoms with Crippen molar-refractivity contribution in [3.8, 4) is 11.4 Å². The van der Waals surface area contributed by atoms with Gasteiger partial charge < -0.3 is 14.6 Å². The van der Waals surface area contributed by atoms with Crippen LogP contribution in [0.1, 0.15) is 26.0 Å². The van der Waals surface area contributed by atoms with Crippen molar-refractivity contribution in [3.63, 3.8) is 0 Å². The Morgan fingerprint density at radius 2 is 1.82 bits per heavy atom. The van der Waals surface area contributed by atoms with Gasteiger partial charge in [-0.25, -0.2) is 18.5 Å². The topological polar surface area (TPSA) is 99.8 Å². The molecule has 1 aromatic heterocycles. The van der Waals surface area contributed by atoms with Gasteiger partial charge in [-0.2, -0.15) is 13.2 Å². The van der Waals surface area contributed by atoms with Gasteiger partial charge in [-0.3, -0.25) is 9.36 Å². The number of alkyl halides is 3. The molecule has 0 saturated carbocycles. The van der Waals surface area contributed by atoms with Crippen molar-refractivity contribution in [2.45, 2.75) is 26.4 Å². The Hall–Kier alpha value is -3.28. The van der Waals surface area contributed by atoms with Crippen LogP contribution in [0.3, 0.4) is 0 Å². The minimum Gasteiger partial charge on any atom is -0.494 e. The quantitative estimate of drug-likeness (QED) is 0.342. The maximum absolute atomic E-state index is 14.6. The van der Waals surface area contributed by atoms with E-state index in [2.05, 4.69) is 0 Å². The molecule has 0 saturated heterocycles. The number of aromatic nitrogens is 2. The normalized spacial score (nSPS) is 12.4. The molecule has 180 valence electrons. The Balaban J connectivity index is 2.59. The predicted octanol–water partition coefficient (Wildman–Crippen LogP) is 3.51. The lowest BCUT2D eigenvalue weighted by molar-refractivity contribution is -0.144. The Bertz CT molecular complexity index is 1220. The minimum atomic E-state index is -4.98. The maximum atomic E-state index is 14.6. The van der Waals surface area contributed by atoms with Crippen molar-refractivity contribution in [3.05, 3.63) is 66.9 Å². The first-order chi connectivity index (χ1) is 15.3. The summed E-state index contributed by atoms with van der Waals surface area (Å²) < 4.78 is 64.8. The van der Waals surface area contributed by atoms with Gasteiger partial charge in [-0.05, 0) is 19.4 Å². The third kappa shape index (κ3) is 5.56. The van der Waals surface area contributed by atoms with Crippen LogP contribution >= 0.6 is 11.6 Å². The van der Waals surface area contributed by atoms with E-state index in [1.165, 1.54) is 0 Å². The average molecular weight is 495 g/mol. The molecule has 2 aromatic rings. The molecule has 8 nitrogen and oxygen atoms in total. The van der Waals surface area contributed by atoms with Crippen LogP contribution in [0.4, 0.5) is 17.6 Å². The SMILES string of the molecule is CCOC(COc1cc(-n2c(=O)cc(C(F)(F)F)n(C)c2=O)c(F)cc1Cl)=C(CC)C(=O)O. The monoisotopic (exact) mass is 494 g/mol. The molecule has 0 spiro atoms. The van der Waals surface area contributed by atoms with Gasteiger partial charge in [0.25, 0.3) is 5.56 Å². The van der Waals surface area contributed by atoms with E-state index in [0.29, 0.717) is 6.07 Å². The zero-order valence-corrected chi connectivity index (χ0v) is 18.4. The molecule has 0 unspecified atom stereocenters. The molecule has 1 heterocycles. The number of hydrogen-bond acceptors (Lipinski definition) is 5. The number of aliphatic carboxylic acids is 1. The van der Waals surface area contributed by atoms with E-state index >= 15 is 0 Å². The Labute approximate surface area is 189 Å². The Morgan fingerprint density at radius 1 is 1.18 bits per heavy atom. The lowest BCUT2D eigenvalue weighted by Gasteiger charge is -2.17. The van der Waals surface area contributed by atoms with Crippen LogP contribution in [0.2, 0.25) is 5.02 Å². The second-order valence-corrected chi connectivity index (χ2v) is 6.97. The third-order valence-electron chi connectivity index (χ3n) is 4.48. The summed E-state index contributed by atoms with van der Waals surface area (Å²) in [4.78, 5) is 36.1. The number of hydrogen-bond donors (Lipinski definition) is 1. The molecule has 2 rings (SSSR count). The number of carboxylic acids is 1. The Morgan fingerprint density at radius 3 is 2.33 bits per heavy atom. The van der Waals surface area contributed by atoms with E-state index < -0.39 is 47.2 Å². The van der Waals surface area contributed by atoms with Crippen LogP contribution in [-0.2, 0) is 22.8 Å². The molecule has 1 N–H and O–H groups in total. The first kappa shape index (κ1) is 26.0. The second-order valence-electron chi connectivity index (χ2n) is 6.56. The summed E-state index contributed by atoms with van der Waals surface area (Å²) in [5, 5.41) is 9.00. The van der Waals surface area contributed by atoms with Crippen molar-refractivity contribution in [1.82, 2.24) is 9.13 Å². The number of benzene rings is 1. The van der Waals surface area contributed by atoms with Gasteiger partial charge >= 0.3 is 17.8 Å². The molecule has 0 aliphatic carbocycles. The van der Waals surface area contributed by atoms with Gasteiger partial charge in [-0.1, -0.05) is 18.5 Å². The molecule has 0 radical (unpaired) electrons. The smallest absolute Gasteiger partial charge is 0.431 e. The van der Waals surface area contributed by atoms with E-state index in [0.717, 1.165) is 13.1 Å². The van der Waals surface area contributed by atoms with Crippen LogP contribution in [-0.4, -0.2) is 33.4 Å². The summed E-state index contributed by atoms with van der Waals surface area (Å²) in [6, 6.07) is 1.72. The lowest BCUT2D eigenvalue weighted by Crippen LogP contribution is -2.41. The molecule has 0 aliphatic rings. The highest BCUT2D eigenvalue weighted by molar-refractivity contribution is 6.32. The molecule has 0 amide bonds. The molecule has 0 aliphatic heterocycles. The van der Waals surface area contributed by atoms with Gasteiger partial charge in [0.15, 0.2) is 0 Å². The van der Waals surface area contributed by atoms with Crippen LogP contribution in [0.25, 0.3) is 5.69 Å². The zero-order valence-electron chi connectivity index (χ0n) is 17.6. The number of carbonyl (C=O) groups is 1. The van der Waals surface area contributed by atoms with Crippen molar-refractivity contribution in [2.24, 2.45) is 7.05 Å². The number of rotatable bonds is 8. The van der Waals surface area contributed by atoms with Crippen LogP contribution in [0.15, 0.2) is 39.1 Å². The summed E-state index contributed by atoms with van der Waals surface area (Å²) in [6.07, 6.45) is -4.88. The molecule has 0 fully saturated rings. The summed E-state index contributed by atoms with van der Waals surface area (Å²) in [7, 11) is 0.781. The molecule has 0 atom stereocenters. The third-order valence-corrected chi connectivity index (χ3v) is 4.77. The van der Waals surface area contributed by atoms with Gasteiger partial charge in [0.2, 0.25) is 0 Å². The van der Waals surface area contributed by atoms with Crippen molar-refractivity contribution >= 4 is 17.6 Å². The molecule has 1 aromatic carbocycles. The first-order valence-electron chi connectivity index (χ1n) is 9.44. The number of halogens is 5. The van der Waals surface area contributed by atoms with Gasteiger partial charge in [0.1, 0.15) is 29.6 Å². The van der Waals surface area contributed by atoms with E-state index in [1.54, 1.807) is 13.8 Å². The minimum absolute atomic E-state index is 0.0305. The number of carboxylic acid groups (broad SMARTS) is 1. The van der Waals surface area contributed by atoms with Crippen molar-refractivity contribution in [1.29, 1.82) is 0 Å². The first-order valence-corrected chi connectivity index (χ1v) is 9.81. The number of ether oxygens (including phenoxy) is 2. The molecular formula is C20H19ClF4N2O6. The predicted molar refractivity (Wildman–Crippen MR) is 109 cm³/mol. The number of nitrogens with zero attached hydrogens (tertiary/aromatic N) is 2. The zero-order chi connectivity index (χ0) is 25.1. The highest BCUT2D eigenvalue weighted by atomic mass is 35.5. The maximum Gasteiger partial charge on any atom is 0.431 e. The van der Waals surface area contributed by atoms with E-state index in [-0.39, 0.29) is 50.3 Å². The largest absolute Gasteiger partial charge is 0.494 e. The van der Waals surface area contributed by atoms with Crippen molar-refractivity contribution in [2.75, 3.05) is 13.2 Å². The fourth-order valence-electron chi connectivity index (χ4n) is 2.92. The fraction of sp³-hybridized carbons (Fsp3) is 0.350. The summed E-state index contributed by atoms with van der Waals surface area (Å²) >= 11 is 5.96. The molecular weight excluding hydrogens is 476 g/mol. The summed E-state index contributed by atoms with van der Waals surface area (Å²) in [6.45, 7) is 2.88. The van der Waals surface area contributed by atoms with Gasteiger partial charge in [-0.15, -0.1) is 0 Å². The standard InChI is InChI=1S/C20H19ClF4N2O6/c1-4-10(18(29)30)15(32-5-2)9-33-14-7-13(12(22)6-11(14)21)27-17(28)8-16(20(23,24)25)26(3)19(27)31/h6-8H,4-5,9H2,1-3H3,(H,29,30). The van der Waals surface area contributed by atoms with E-state index in [4.69, 9.17) is 21.1 Å². The lowest BCUT2D eigenvalue weighted by atomic mass is 10.2. The van der Waals surface area contributed by atoms with Gasteiger partial charge in [0.05, 0.1) is 22.9 Å². The van der Waals surface area contributed by atoms with Crippen LogP contribution in [0, 0.1) is 5.82 Å². The summed E-state index contributed by atoms with van der Waals surface area (Å²) in [5.41, 5.74) is -5.16. The highest BCUT2D eigenvalue weighted by Crippen LogP contribution is 2.30. The van der Waals surface area contributed by atoms with Crippen LogP contribution < -0.4 is 16.0 Å². The highest BCUT2D eigenvalue weighted by Gasteiger charge is 2.35. The van der Waals surface area contributed by atoms with Crippen molar-refractivity contribution < 1.29 is 36.9 Å². The van der Waals surface area contributed by atoms with E-state index in [9.17, 15) is 37.1 Å². The second kappa shape index (κ2) is 10.1. The van der Waals surface area contributed by atoms with Crippen LogP contribution in [0.5, 0.6) is 5.75 Å². The van der Waals surface area contributed by atoms with Gasteiger partial charge in [0, 0.05) is 19.2 Å². The molecule has 0 bridgehead atoms. The van der Waals surface area contributed by atoms with E-state index in [1.807, 2.05) is 0 Å². The molecule has 13 heteroatoms.